The van der Waals surface area contributed by atoms with E-state index < -0.39 is 0 Å². The molecule has 0 heterocycles. The minimum atomic E-state index is -0.114. The SMILES string of the molecule is CCCCCN(CCC(=O)Nc1ccccc1OC(C)C)C(C)=O. The molecule has 0 saturated carbocycles. The van der Waals surface area contributed by atoms with E-state index in [1.807, 2.05) is 38.1 Å². The molecule has 0 fully saturated rings. The molecule has 0 saturated heterocycles. The van der Waals surface area contributed by atoms with Gasteiger partial charge in [-0.1, -0.05) is 31.9 Å². The first kappa shape index (κ1) is 20.0. The third kappa shape index (κ3) is 7.49. The standard InChI is InChI=1S/C19H30N2O3/c1-5-6-9-13-21(16(4)22)14-12-19(23)20-17-10-7-8-11-18(17)24-15(2)3/h7-8,10-11,15H,5-6,9,12-14H2,1-4H3,(H,20,23). The quantitative estimate of drug-likeness (QED) is 0.661. The van der Waals surface area contributed by atoms with E-state index in [2.05, 4.69) is 12.2 Å². The number of benzene rings is 1. The van der Waals surface area contributed by atoms with Crippen LogP contribution in [0.4, 0.5) is 5.69 Å². The summed E-state index contributed by atoms with van der Waals surface area (Å²) in [5, 5.41) is 2.88. The van der Waals surface area contributed by atoms with Crippen LogP contribution in [0, 0.1) is 0 Å². The van der Waals surface area contributed by atoms with Gasteiger partial charge in [0.2, 0.25) is 11.8 Å². The summed E-state index contributed by atoms with van der Waals surface area (Å²) in [7, 11) is 0. The van der Waals surface area contributed by atoms with Crippen molar-refractivity contribution < 1.29 is 14.3 Å². The molecule has 0 atom stereocenters. The van der Waals surface area contributed by atoms with Gasteiger partial charge < -0.3 is 15.0 Å². The lowest BCUT2D eigenvalue weighted by atomic mass is 10.2. The molecule has 0 bridgehead atoms. The van der Waals surface area contributed by atoms with Crippen molar-refractivity contribution in [1.29, 1.82) is 0 Å². The number of carbonyl (C=O) groups is 2. The Labute approximate surface area is 145 Å². The molecule has 0 aliphatic heterocycles. The van der Waals surface area contributed by atoms with E-state index in [0.29, 0.717) is 24.5 Å². The summed E-state index contributed by atoms with van der Waals surface area (Å²) in [6, 6.07) is 7.38. The number of anilines is 1. The highest BCUT2D eigenvalue weighted by molar-refractivity contribution is 5.92. The Morgan fingerprint density at radius 1 is 1.17 bits per heavy atom. The Morgan fingerprint density at radius 3 is 2.50 bits per heavy atom. The Bertz CT molecular complexity index is 529. The molecule has 0 unspecified atom stereocenters. The number of nitrogens with one attached hydrogen (secondary N) is 1. The van der Waals surface area contributed by atoms with Gasteiger partial charge in [-0.05, 0) is 32.4 Å². The summed E-state index contributed by atoms with van der Waals surface area (Å²) in [5.74, 6) is 0.561. The van der Waals surface area contributed by atoms with Crippen LogP contribution in [0.5, 0.6) is 5.75 Å². The highest BCUT2D eigenvalue weighted by atomic mass is 16.5. The summed E-state index contributed by atoms with van der Waals surface area (Å²) < 4.78 is 5.70. The molecule has 0 aliphatic rings. The lowest BCUT2D eigenvalue weighted by Gasteiger charge is -2.21. The molecule has 1 aromatic rings. The van der Waals surface area contributed by atoms with Crippen LogP contribution in [0.15, 0.2) is 24.3 Å². The second-order valence-corrected chi connectivity index (χ2v) is 6.17. The fourth-order valence-electron chi connectivity index (χ4n) is 2.36. The third-order valence-corrected chi connectivity index (χ3v) is 3.61. The maximum Gasteiger partial charge on any atom is 0.226 e. The summed E-state index contributed by atoms with van der Waals surface area (Å²) in [4.78, 5) is 25.6. The molecule has 0 aromatic heterocycles. The van der Waals surface area contributed by atoms with E-state index in [1.165, 1.54) is 0 Å². The Balaban J connectivity index is 2.54. The fraction of sp³-hybridized carbons (Fsp3) is 0.579. The Hall–Kier alpha value is -2.04. The molecule has 0 radical (unpaired) electrons. The monoisotopic (exact) mass is 334 g/mol. The minimum absolute atomic E-state index is 0.0162. The number of carbonyl (C=O) groups excluding carboxylic acids is 2. The highest BCUT2D eigenvalue weighted by Crippen LogP contribution is 2.24. The molecular weight excluding hydrogens is 304 g/mol. The number of unbranched alkanes of at least 4 members (excludes halogenated alkanes) is 2. The molecule has 5 nitrogen and oxygen atoms in total. The van der Waals surface area contributed by atoms with Crippen molar-refractivity contribution in [3.63, 3.8) is 0 Å². The number of rotatable bonds is 10. The maximum atomic E-state index is 12.2. The van der Waals surface area contributed by atoms with Gasteiger partial charge in [-0.25, -0.2) is 0 Å². The molecule has 1 rings (SSSR count). The van der Waals surface area contributed by atoms with Crippen LogP contribution in [0.2, 0.25) is 0 Å². The predicted molar refractivity (Wildman–Crippen MR) is 97.2 cm³/mol. The van der Waals surface area contributed by atoms with Gasteiger partial charge in [-0.3, -0.25) is 9.59 Å². The molecule has 134 valence electrons. The molecule has 24 heavy (non-hydrogen) atoms. The highest BCUT2D eigenvalue weighted by Gasteiger charge is 2.13. The van der Waals surface area contributed by atoms with Crippen molar-refractivity contribution in [2.24, 2.45) is 0 Å². The van der Waals surface area contributed by atoms with Crippen molar-refractivity contribution in [3.05, 3.63) is 24.3 Å². The zero-order valence-electron chi connectivity index (χ0n) is 15.3. The van der Waals surface area contributed by atoms with Gasteiger partial charge in [0.25, 0.3) is 0 Å². The molecule has 0 spiro atoms. The average Bonchev–Trinajstić information content (AvgIpc) is 2.51. The van der Waals surface area contributed by atoms with Crippen LogP contribution in [-0.4, -0.2) is 35.9 Å². The second-order valence-electron chi connectivity index (χ2n) is 6.17. The zero-order valence-corrected chi connectivity index (χ0v) is 15.3. The van der Waals surface area contributed by atoms with Crippen LogP contribution in [0.3, 0.4) is 0 Å². The van der Waals surface area contributed by atoms with E-state index >= 15 is 0 Å². The van der Waals surface area contributed by atoms with Crippen molar-refractivity contribution in [1.82, 2.24) is 4.90 Å². The third-order valence-electron chi connectivity index (χ3n) is 3.61. The van der Waals surface area contributed by atoms with Crippen molar-refractivity contribution in [3.8, 4) is 5.75 Å². The first-order valence-electron chi connectivity index (χ1n) is 8.75. The number of nitrogens with zero attached hydrogens (tertiary/aromatic N) is 1. The molecule has 1 N–H and O–H groups in total. The van der Waals surface area contributed by atoms with Gasteiger partial charge in [0.05, 0.1) is 11.8 Å². The maximum absolute atomic E-state index is 12.2. The average molecular weight is 334 g/mol. The molecule has 2 amide bonds. The largest absolute Gasteiger partial charge is 0.489 e. The van der Waals surface area contributed by atoms with Crippen LogP contribution in [-0.2, 0) is 9.59 Å². The number of hydrogen-bond acceptors (Lipinski definition) is 3. The smallest absolute Gasteiger partial charge is 0.226 e. The predicted octanol–water partition coefficient (Wildman–Crippen LogP) is 3.84. The second kappa shape index (κ2) is 10.7. The Kier molecular flexibility index (Phi) is 8.90. The topological polar surface area (TPSA) is 58.6 Å². The fourth-order valence-corrected chi connectivity index (χ4v) is 2.36. The van der Waals surface area contributed by atoms with Gasteiger partial charge in [-0.2, -0.15) is 0 Å². The van der Waals surface area contributed by atoms with E-state index in [4.69, 9.17) is 4.74 Å². The number of para-hydroxylation sites is 2. The zero-order chi connectivity index (χ0) is 17.9. The minimum Gasteiger partial charge on any atom is -0.489 e. The van der Waals surface area contributed by atoms with E-state index in [0.717, 1.165) is 19.3 Å². The lowest BCUT2D eigenvalue weighted by molar-refractivity contribution is -0.129. The summed E-state index contributed by atoms with van der Waals surface area (Å²) >= 11 is 0. The van der Waals surface area contributed by atoms with E-state index in [-0.39, 0.29) is 24.3 Å². The van der Waals surface area contributed by atoms with Gasteiger partial charge in [0.15, 0.2) is 0 Å². The molecule has 0 aliphatic carbocycles. The van der Waals surface area contributed by atoms with Gasteiger partial charge in [-0.15, -0.1) is 0 Å². The first-order valence-corrected chi connectivity index (χ1v) is 8.75. The molecular formula is C19H30N2O3. The van der Waals surface area contributed by atoms with Crippen molar-refractivity contribution in [2.45, 2.75) is 59.5 Å². The Morgan fingerprint density at radius 2 is 1.88 bits per heavy atom. The van der Waals surface area contributed by atoms with E-state index in [9.17, 15) is 9.59 Å². The van der Waals surface area contributed by atoms with E-state index in [1.54, 1.807) is 11.8 Å². The van der Waals surface area contributed by atoms with Crippen LogP contribution in [0.25, 0.3) is 0 Å². The summed E-state index contributed by atoms with van der Waals surface area (Å²) in [6.45, 7) is 8.72. The number of amides is 2. The van der Waals surface area contributed by atoms with Gasteiger partial charge >= 0.3 is 0 Å². The lowest BCUT2D eigenvalue weighted by Crippen LogP contribution is -2.33. The van der Waals surface area contributed by atoms with Crippen molar-refractivity contribution >= 4 is 17.5 Å². The summed E-state index contributed by atoms with van der Waals surface area (Å²) in [5.41, 5.74) is 0.663. The van der Waals surface area contributed by atoms with Crippen LogP contribution >= 0.6 is 0 Å². The normalized spacial score (nSPS) is 10.5. The summed E-state index contributed by atoms with van der Waals surface area (Å²) in [6.07, 6.45) is 3.49. The molecule has 5 heteroatoms. The number of ether oxygens (including phenoxy) is 1. The van der Waals surface area contributed by atoms with Gasteiger partial charge in [0.1, 0.15) is 5.75 Å². The molecule has 1 aromatic carbocycles. The first-order chi connectivity index (χ1) is 11.4. The van der Waals surface area contributed by atoms with Gasteiger partial charge in [0, 0.05) is 26.4 Å². The van der Waals surface area contributed by atoms with Crippen LogP contribution in [0.1, 0.15) is 53.4 Å². The van der Waals surface area contributed by atoms with Crippen LogP contribution < -0.4 is 10.1 Å². The van der Waals surface area contributed by atoms with Crippen molar-refractivity contribution in [2.75, 3.05) is 18.4 Å². The number of hydrogen-bond donors (Lipinski definition) is 1.